The number of carbonyl (C=O) groups excluding carboxylic acids is 1. The van der Waals surface area contributed by atoms with E-state index in [9.17, 15) is 13.6 Å². The molecule has 2 rings (SSSR count). The van der Waals surface area contributed by atoms with E-state index < -0.39 is 11.6 Å². The molecule has 2 nitrogen and oxygen atoms in total. The van der Waals surface area contributed by atoms with Gasteiger partial charge in [-0.2, -0.15) is 0 Å². The molecule has 0 fully saturated rings. The van der Waals surface area contributed by atoms with Crippen LogP contribution in [0, 0.1) is 11.6 Å². The van der Waals surface area contributed by atoms with Crippen molar-refractivity contribution < 1.29 is 13.6 Å². The number of ketones is 1. The molecule has 0 atom stereocenters. The molecule has 0 radical (unpaired) electrons. The highest BCUT2D eigenvalue weighted by molar-refractivity contribution is 6.39. The third kappa shape index (κ3) is 3.26. The third-order valence-corrected chi connectivity index (χ3v) is 3.31. The maximum Gasteiger partial charge on any atom is 0.167 e. The van der Waals surface area contributed by atoms with E-state index in [0.717, 1.165) is 18.2 Å². The summed E-state index contributed by atoms with van der Waals surface area (Å²) in [6.45, 7) is 0. The van der Waals surface area contributed by atoms with E-state index in [0.29, 0.717) is 0 Å². The zero-order chi connectivity index (χ0) is 14.9. The summed E-state index contributed by atoms with van der Waals surface area (Å²) in [4.78, 5) is 12.0. The Kier molecular flexibility index (Phi) is 4.26. The Morgan fingerprint density at radius 1 is 1.00 bits per heavy atom. The summed E-state index contributed by atoms with van der Waals surface area (Å²) >= 11 is 11.7. The summed E-state index contributed by atoms with van der Waals surface area (Å²) in [6, 6.07) is 5.69. The second kappa shape index (κ2) is 5.77. The highest BCUT2D eigenvalue weighted by Crippen LogP contribution is 2.29. The molecule has 0 aliphatic carbocycles. The van der Waals surface area contributed by atoms with Gasteiger partial charge in [-0.25, -0.2) is 8.78 Å². The van der Waals surface area contributed by atoms with Crippen molar-refractivity contribution in [3.05, 3.63) is 63.1 Å². The van der Waals surface area contributed by atoms with Crippen LogP contribution in [0.5, 0.6) is 0 Å². The van der Waals surface area contributed by atoms with E-state index in [-0.39, 0.29) is 39.1 Å². The number of nitrogens with two attached hydrogens (primary N) is 1. The molecule has 6 heteroatoms. The first-order chi connectivity index (χ1) is 9.36. The van der Waals surface area contributed by atoms with Crippen molar-refractivity contribution in [1.29, 1.82) is 0 Å². The first-order valence-corrected chi connectivity index (χ1v) is 6.35. The molecule has 0 aliphatic heterocycles. The Hall–Kier alpha value is -1.65. The number of halogens is 4. The lowest BCUT2D eigenvalue weighted by atomic mass is 10.0. The SMILES string of the molecule is Nc1c(Cl)cc(C(=O)Cc2cc(F)cc(F)c2)cc1Cl. The Balaban J connectivity index is 2.28. The van der Waals surface area contributed by atoms with Gasteiger partial charge in [0.05, 0.1) is 15.7 Å². The number of hydrogen-bond donors (Lipinski definition) is 1. The summed E-state index contributed by atoms with van der Waals surface area (Å²) in [5.41, 5.74) is 6.22. The first-order valence-electron chi connectivity index (χ1n) is 5.59. The monoisotopic (exact) mass is 315 g/mol. The number of nitrogen functional groups attached to an aromatic ring is 1. The van der Waals surface area contributed by atoms with Crippen LogP contribution in [-0.2, 0) is 6.42 Å². The molecule has 2 aromatic carbocycles. The number of Topliss-reactive ketones (excluding diaryl/α,β-unsaturated/α-hetero) is 1. The molecule has 0 aromatic heterocycles. The molecule has 104 valence electrons. The molecular formula is C14H9Cl2F2NO. The zero-order valence-electron chi connectivity index (χ0n) is 10.1. The molecule has 0 heterocycles. The number of carbonyl (C=O) groups is 1. The second-order valence-corrected chi connectivity index (χ2v) is 5.05. The van der Waals surface area contributed by atoms with Crippen LogP contribution < -0.4 is 5.73 Å². The van der Waals surface area contributed by atoms with Gasteiger partial charge >= 0.3 is 0 Å². The van der Waals surface area contributed by atoms with Crippen molar-refractivity contribution >= 4 is 34.7 Å². The first kappa shape index (κ1) is 14.8. The van der Waals surface area contributed by atoms with Gasteiger partial charge in [0.25, 0.3) is 0 Å². The Bertz CT molecular complexity index is 646. The number of hydrogen-bond acceptors (Lipinski definition) is 2. The lowest BCUT2D eigenvalue weighted by Gasteiger charge is -2.06. The fraction of sp³-hybridized carbons (Fsp3) is 0.0714. The van der Waals surface area contributed by atoms with Crippen LogP contribution in [0.4, 0.5) is 14.5 Å². The largest absolute Gasteiger partial charge is 0.396 e. The minimum Gasteiger partial charge on any atom is -0.396 e. The van der Waals surface area contributed by atoms with Crippen LogP contribution in [0.3, 0.4) is 0 Å². The van der Waals surface area contributed by atoms with Gasteiger partial charge in [-0.05, 0) is 29.8 Å². The molecule has 0 amide bonds. The van der Waals surface area contributed by atoms with Gasteiger partial charge in [0, 0.05) is 18.1 Å². The van der Waals surface area contributed by atoms with E-state index in [1.54, 1.807) is 0 Å². The van der Waals surface area contributed by atoms with Crippen LogP contribution in [0.15, 0.2) is 30.3 Å². The lowest BCUT2D eigenvalue weighted by Crippen LogP contribution is -2.05. The van der Waals surface area contributed by atoms with E-state index in [2.05, 4.69) is 0 Å². The summed E-state index contributed by atoms with van der Waals surface area (Å²) in [5, 5.41) is 0.317. The zero-order valence-corrected chi connectivity index (χ0v) is 11.6. The molecular weight excluding hydrogens is 307 g/mol. The van der Waals surface area contributed by atoms with Crippen LogP contribution in [-0.4, -0.2) is 5.78 Å². The summed E-state index contributed by atoms with van der Waals surface area (Å²) in [6.07, 6.45) is -0.161. The number of benzene rings is 2. The predicted octanol–water partition coefficient (Wildman–Crippen LogP) is 4.28. The van der Waals surface area contributed by atoms with Gasteiger partial charge in [-0.15, -0.1) is 0 Å². The summed E-state index contributed by atoms with van der Waals surface area (Å²) in [7, 11) is 0. The standard InChI is InChI=1S/C14H9Cl2F2NO/c15-11-4-8(5-12(16)14(11)19)13(20)3-7-1-9(17)6-10(18)2-7/h1-2,4-6H,3,19H2. The molecule has 20 heavy (non-hydrogen) atoms. The fourth-order valence-electron chi connectivity index (χ4n) is 1.75. The highest BCUT2D eigenvalue weighted by Gasteiger charge is 2.13. The van der Waals surface area contributed by atoms with Crippen molar-refractivity contribution in [3.63, 3.8) is 0 Å². The Labute approximate surface area is 124 Å². The topological polar surface area (TPSA) is 43.1 Å². The maximum atomic E-state index is 13.1. The van der Waals surface area contributed by atoms with Crippen molar-refractivity contribution in [3.8, 4) is 0 Å². The Morgan fingerprint density at radius 2 is 1.50 bits per heavy atom. The van der Waals surface area contributed by atoms with Crippen molar-refractivity contribution in [2.45, 2.75) is 6.42 Å². The highest BCUT2D eigenvalue weighted by atomic mass is 35.5. The van der Waals surface area contributed by atoms with Gasteiger partial charge in [-0.3, -0.25) is 4.79 Å². The van der Waals surface area contributed by atoms with E-state index in [1.165, 1.54) is 12.1 Å². The maximum absolute atomic E-state index is 13.1. The van der Waals surface area contributed by atoms with Gasteiger partial charge in [-0.1, -0.05) is 23.2 Å². The average Bonchev–Trinajstić information content (AvgIpc) is 2.33. The summed E-state index contributed by atoms with van der Waals surface area (Å²) in [5.74, 6) is -1.83. The molecule has 0 aliphatic rings. The predicted molar refractivity (Wildman–Crippen MR) is 75.3 cm³/mol. The molecule has 0 spiro atoms. The molecule has 0 unspecified atom stereocenters. The average molecular weight is 316 g/mol. The summed E-state index contributed by atoms with van der Waals surface area (Å²) < 4.78 is 26.1. The van der Waals surface area contributed by atoms with Crippen LogP contribution in [0.1, 0.15) is 15.9 Å². The van der Waals surface area contributed by atoms with Crippen LogP contribution >= 0.6 is 23.2 Å². The number of anilines is 1. The van der Waals surface area contributed by atoms with E-state index in [1.807, 2.05) is 0 Å². The van der Waals surface area contributed by atoms with Crippen LogP contribution in [0.25, 0.3) is 0 Å². The minimum atomic E-state index is -0.735. The molecule has 0 saturated heterocycles. The van der Waals surface area contributed by atoms with E-state index in [4.69, 9.17) is 28.9 Å². The normalized spacial score (nSPS) is 10.6. The number of rotatable bonds is 3. The van der Waals surface area contributed by atoms with Crippen molar-refractivity contribution in [2.75, 3.05) is 5.73 Å². The van der Waals surface area contributed by atoms with Gasteiger partial charge < -0.3 is 5.73 Å². The smallest absolute Gasteiger partial charge is 0.167 e. The Morgan fingerprint density at radius 3 is 2.00 bits per heavy atom. The molecule has 0 bridgehead atoms. The van der Waals surface area contributed by atoms with Crippen LogP contribution in [0.2, 0.25) is 10.0 Å². The molecule has 2 aromatic rings. The van der Waals surface area contributed by atoms with Gasteiger partial charge in [0.1, 0.15) is 11.6 Å². The molecule has 0 saturated carbocycles. The van der Waals surface area contributed by atoms with Crippen molar-refractivity contribution in [2.24, 2.45) is 0 Å². The third-order valence-electron chi connectivity index (χ3n) is 2.69. The quantitative estimate of drug-likeness (QED) is 0.678. The second-order valence-electron chi connectivity index (χ2n) is 4.23. The lowest BCUT2D eigenvalue weighted by molar-refractivity contribution is 0.0993. The minimum absolute atomic E-state index is 0.159. The van der Waals surface area contributed by atoms with Gasteiger partial charge in [0.15, 0.2) is 5.78 Å². The van der Waals surface area contributed by atoms with Gasteiger partial charge in [0.2, 0.25) is 0 Å². The molecule has 2 N–H and O–H groups in total. The van der Waals surface area contributed by atoms with Crippen molar-refractivity contribution in [1.82, 2.24) is 0 Å². The fourth-order valence-corrected chi connectivity index (χ4v) is 2.23. The van der Waals surface area contributed by atoms with E-state index >= 15 is 0 Å².